The molecule has 6 heteroatoms. The predicted octanol–water partition coefficient (Wildman–Crippen LogP) is 1.52. The van der Waals surface area contributed by atoms with Crippen LogP contribution < -0.4 is 0 Å². The van der Waals surface area contributed by atoms with Crippen LogP contribution in [0, 0.1) is 0 Å². The van der Waals surface area contributed by atoms with E-state index in [0.29, 0.717) is 17.1 Å². The van der Waals surface area contributed by atoms with E-state index in [1.165, 1.54) is 11.3 Å². The van der Waals surface area contributed by atoms with E-state index in [9.17, 15) is 13.2 Å². The second-order valence-electron chi connectivity index (χ2n) is 3.90. The summed E-state index contributed by atoms with van der Waals surface area (Å²) in [6.07, 6.45) is 3.41. The number of aromatic nitrogens is 1. The van der Waals surface area contributed by atoms with Crippen LogP contribution in [0.4, 0.5) is 0 Å². The summed E-state index contributed by atoms with van der Waals surface area (Å²) < 4.78 is 23.7. The highest BCUT2D eigenvalue weighted by Gasteiger charge is 2.32. The van der Waals surface area contributed by atoms with Gasteiger partial charge in [-0.3, -0.25) is 0 Å². The minimum absolute atomic E-state index is 0.264. The Labute approximate surface area is 98.6 Å². The fourth-order valence-electron chi connectivity index (χ4n) is 1.88. The van der Waals surface area contributed by atoms with E-state index in [-0.39, 0.29) is 12.2 Å². The molecule has 88 valence electrons. The number of aldehydes is 1. The Balaban J connectivity index is 2.25. The second-order valence-corrected chi connectivity index (χ2v) is 7.09. The van der Waals surface area contributed by atoms with Crippen LogP contribution in [-0.2, 0) is 21.1 Å². The first-order chi connectivity index (χ1) is 7.63. The lowest BCUT2D eigenvalue weighted by Crippen LogP contribution is -2.21. The molecule has 0 spiro atoms. The summed E-state index contributed by atoms with van der Waals surface area (Å²) in [5, 5.41) is 1.98. The van der Waals surface area contributed by atoms with E-state index in [1.54, 1.807) is 5.38 Å². The number of thiazole rings is 1. The number of carbonyl (C=O) groups is 1. The van der Waals surface area contributed by atoms with Gasteiger partial charge in [0.1, 0.15) is 16.5 Å². The molecule has 1 atom stereocenters. The molecule has 1 aromatic heterocycles. The average molecular weight is 259 g/mol. The molecule has 0 radical (unpaired) electrons. The van der Waals surface area contributed by atoms with Crippen molar-refractivity contribution in [3.05, 3.63) is 16.1 Å². The van der Waals surface area contributed by atoms with Crippen molar-refractivity contribution in [2.24, 2.45) is 0 Å². The lowest BCUT2D eigenvalue weighted by molar-refractivity contribution is -0.107. The molecule has 0 aliphatic carbocycles. The largest absolute Gasteiger partial charge is 0.303 e. The normalized spacial score (nSPS) is 24.1. The van der Waals surface area contributed by atoms with E-state index in [4.69, 9.17) is 0 Å². The molecule has 0 bridgehead atoms. The SMILES string of the molecule is O=CCc1csc(C2CCCCS2(=O)=O)n1. The van der Waals surface area contributed by atoms with Crippen LogP contribution in [0.5, 0.6) is 0 Å². The summed E-state index contributed by atoms with van der Waals surface area (Å²) in [5.41, 5.74) is 0.677. The van der Waals surface area contributed by atoms with Crippen molar-refractivity contribution in [2.75, 3.05) is 5.75 Å². The van der Waals surface area contributed by atoms with Gasteiger partial charge >= 0.3 is 0 Å². The Kier molecular flexibility index (Phi) is 3.39. The van der Waals surface area contributed by atoms with E-state index in [0.717, 1.165) is 19.1 Å². The van der Waals surface area contributed by atoms with Crippen molar-refractivity contribution in [1.29, 1.82) is 0 Å². The third-order valence-electron chi connectivity index (χ3n) is 2.72. The van der Waals surface area contributed by atoms with Crippen LogP contribution in [0.25, 0.3) is 0 Å². The number of carbonyl (C=O) groups excluding carboxylic acids is 1. The molecule has 0 amide bonds. The van der Waals surface area contributed by atoms with Crippen molar-refractivity contribution >= 4 is 27.5 Å². The number of hydrogen-bond acceptors (Lipinski definition) is 5. The highest BCUT2D eigenvalue weighted by atomic mass is 32.2. The van der Waals surface area contributed by atoms with Crippen molar-refractivity contribution in [3.63, 3.8) is 0 Å². The Hall–Kier alpha value is -0.750. The summed E-state index contributed by atoms with van der Waals surface area (Å²) in [6, 6.07) is 0. The van der Waals surface area contributed by atoms with E-state index < -0.39 is 15.1 Å². The predicted molar refractivity (Wildman–Crippen MR) is 62.3 cm³/mol. The molecule has 1 fully saturated rings. The molecule has 4 nitrogen and oxygen atoms in total. The van der Waals surface area contributed by atoms with Gasteiger partial charge in [0, 0.05) is 11.8 Å². The Morgan fingerprint density at radius 3 is 3.00 bits per heavy atom. The zero-order valence-electron chi connectivity index (χ0n) is 8.76. The number of rotatable bonds is 3. The van der Waals surface area contributed by atoms with Gasteiger partial charge in [0.2, 0.25) is 0 Å². The Bertz CT molecular complexity index is 478. The first-order valence-electron chi connectivity index (χ1n) is 5.23. The molecule has 1 aliphatic heterocycles. The van der Waals surface area contributed by atoms with E-state index in [1.807, 2.05) is 0 Å². The van der Waals surface area contributed by atoms with Crippen molar-refractivity contribution in [2.45, 2.75) is 30.9 Å². The number of hydrogen-bond donors (Lipinski definition) is 0. The maximum atomic E-state index is 11.8. The fraction of sp³-hybridized carbons (Fsp3) is 0.600. The van der Waals surface area contributed by atoms with Crippen LogP contribution in [-0.4, -0.2) is 25.4 Å². The molecule has 2 heterocycles. The molecule has 1 aliphatic rings. The molecule has 1 aromatic rings. The van der Waals surface area contributed by atoms with Gasteiger partial charge in [0.15, 0.2) is 9.84 Å². The van der Waals surface area contributed by atoms with Gasteiger partial charge in [-0.25, -0.2) is 13.4 Å². The van der Waals surface area contributed by atoms with Crippen LogP contribution in [0.2, 0.25) is 0 Å². The highest BCUT2D eigenvalue weighted by molar-refractivity contribution is 7.91. The Morgan fingerprint density at radius 1 is 1.50 bits per heavy atom. The zero-order chi connectivity index (χ0) is 11.6. The van der Waals surface area contributed by atoms with Crippen LogP contribution >= 0.6 is 11.3 Å². The quantitative estimate of drug-likeness (QED) is 0.772. The van der Waals surface area contributed by atoms with Crippen molar-refractivity contribution in [3.8, 4) is 0 Å². The third kappa shape index (κ3) is 2.32. The van der Waals surface area contributed by atoms with Gasteiger partial charge in [-0.05, 0) is 12.8 Å². The molecular formula is C10H13NO3S2. The van der Waals surface area contributed by atoms with Crippen LogP contribution in [0.15, 0.2) is 5.38 Å². The third-order valence-corrected chi connectivity index (χ3v) is 6.06. The Morgan fingerprint density at radius 2 is 2.31 bits per heavy atom. The summed E-state index contributed by atoms with van der Waals surface area (Å²) in [6.45, 7) is 0. The highest BCUT2D eigenvalue weighted by Crippen LogP contribution is 2.34. The number of nitrogens with zero attached hydrogens (tertiary/aromatic N) is 1. The standard InChI is InChI=1S/C10H13NO3S2/c12-5-4-8-7-15-10(11-8)9-3-1-2-6-16(9,13)14/h5,7,9H,1-4,6H2. The van der Waals surface area contributed by atoms with Crippen molar-refractivity contribution < 1.29 is 13.2 Å². The molecule has 1 saturated heterocycles. The summed E-state index contributed by atoms with van der Waals surface area (Å²) >= 11 is 1.35. The smallest absolute Gasteiger partial charge is 0.159 e. The molecule has 0 saturated carbocycles. The summed E-state index contributed by atoms with van der Waals surface area (Å²) in [4.78, 5) is 14.6. The van der Waals surface area contributed by atoms with Crippen molar-refractivity contribution in [1.82, 2.24) is 4.98 Å². The maximum absolute atomic E-state index is 11.8. The van der Waals surface area contributed by atoms with Gasteiger partial charge in [0.05, 0.1) is 11.4 Å². The molecule has 16 heavy (non-hydrogen) atoms. The van der Waals surface area contributed by atoms with Gasteiger partial charge in [-0.15, -0.1) is 11.3 Å². The molecular weight excluding hydrogens is 246 g/mol. The van der Waals surface area contributed by atoms with Gasteiger partial charge in [-0.1, -0.05) is 6.42 Å². The molecule has 0 N–H and O–H groups in total. The van der Waals surface area contributed by atoms with E-state index in [2.05, 4.69) is 4.98 Å². The first kappa shape index (κ1) is 11.7. The lowest BCUT2D eigenvalue weighted by atomic mass is 10.2. The summed E-state index contributed by atoms with van der Waals surface area (Å²) in [7, 11) is -3.02. The monoisotopic (exact) mass is 259 g/mol. The first-order valence-corrected chi connectivity index (χ1v) is 7.82. The number of sulfone groups is 1. The van der Waals surface area contributed by atoms with Crippen LogP contribution in [0.3, 0.4) is 0 Å². The van der Waals surface area contributed by atoms with Crippen LogP contribution in [0.1, 0.15) is 35.2 Å². The minimum atomic E-state index is -3.02. The topological polar surface area (TPSA) is 64.1 Å². The van der Waals surface area contributed by atoms with Gasteiger partial charge in [0.25, 0.3) is 0 Å². The maximum Gasteiger partial charge on any atom is 0.159 e. The average Bonchev–Trinajstić information content (AvgIpc) is 2.66. The summed E-state index contributed by atoms with van der Waals surface area (Å²) in [5.74, 6) is 0.264. The fourth-order valence-corrected chi connectivity index (χ4v) is 5.11. The van der Waals surface area contributed by atoms with Gasteiger partial charge < -0.3 is 4.79 Å². The molecule has 1 unspecified atom stereocenters. The lowest BCUT2D eigenvalue weighted by Gasteiger charge is -2.19. The van der Waals surface area contributed by atoms with E-state index >= 15 is 0 Å². The minimum Gasteiger partial charge on any atom is -0.303 e. The second kappa shape index (κ2) is 4.63. The molecule has 0 aromatic carbocycles. The molecule has 2 rings (SSSR count). The zero-order valence-corrected chi connectivity index (χ0v) is 10.4. The van der Waals surface area contributed by atoms with Gasteiger partial charge in [-0.2, -0.15) is 0 Å².